The molecule has 1 unspecified atom stereocenters. The maximum Gasteiger partial charge on any atom is 0.310 e. The molecular weight excluding hydrogens is 817 g/mol. The third-order valence-electron chi connectivity index (χ3n) is 9.79. The highest BCUT2D eigenvalue weighted by Gasteiger charge is 2.19. The van der Waals surface area contributed by atoms with Crippen molar-refractivity contribution in [2.75, 3.05) is 13.2 Å². The van der Waals surface area contributed by atoms with Gasteiger partial charge in [-0.15, -0.1) is 0 Å². The molecule has 0 amide bonds. The lowest BCUT2D eigenvalue weighted by molar-refractivity contribution is -0.166. The SMILES string of the molecule is CC/C=C\C/C=C\C/C=C\C/C=C\C/C=C\C/C=C\CCC(=O)OCC(COC(=O)CCCCCCC/C=C\C/C=C\CCCC)OC(=O)C/C=C\C/C=C\C/C=C\C/C=C\C/C=C\CC. The summed E-state index contributed by atoms with van der Waals surface area (Å²) in [5.41, 5.74) is 0. The van der Waals surface area contributed by atoms with Gasteiger partial charge in [-0.05, 0) is 109 Å². The zero-order valence-electron chi connectivity index (χ0n) is 41.6. The number of hydrogen-bond donors (Lipinski definition) is 0. The van der Waals surface area contributed by atoms with Crippen LogP contribution in [-0.4, -0.2) is 37.2 Å². The molecule has 0 N–H and O–H groups in total. The van der Waals surface area contributed by atoms with Crippen LogP contribution in [0.4, 0.5) is 0 Å². The predicted octanol–water partition coefficient (Wildman–Crippen LogP) is 17.0. The molecule has 366 valence electrons. The molecule has 6 nitrogen and oxygen atoms in total. The van der Waals surface area contributed by atoms with Crippen LogP contribution in [0.2, 0.25) is 0 Å². The number of carbonyl (C=O) groups excluding carboxylic acids is 3. The molecule has 0 aromatic rings. The van der Waals surface area contributed by atoms with Gasteiger partial charge >= 0.3 is 17.9 Å². The Balaban J connectivity index is 4.68. The summed E-state index contributed by atoms with van der Waals surface area (Å²) in [7, 11) is 0. The molecule has 0 saturated heterocycles. The lowest BCUT2D eigenvalue weighted by atomic mass is 10.1. The summed E-state index contributed by atoms with van der Waals surface area (Å²) in [5, 5.41) is 0. The molecule has 1 atom stereocenters. The van der Waals surface area contributed by atoms with Gasteiger partial charge in [-0.3, -0.25) is 14.4 Å². The Labute approximate surface area is 403 Å². The highest BCUT2D eigenvalue weighted by molar-refractivity contribution is 5.72. The average molecular weight is 907 g/mol. The van der Waals surface area contributed by atoms with E-state index in [2.05, 4.69) is 154 Å². The second-order valence-electron chi connectivity index (χ2n) is 16.0. The molecule has 0 radical (unpaired) electrons. The fraction of sp³-hybridized carbons (Fsp3) is 0.517. The first-order valence-corrected chi connectivity index (χ1v) is 25.5. The predicted molar refractivity (Wildman–Crippen MR) is 283 cm³/mol. The minimum Gasteiger partial charge on any atom is -0.462 e. The van der Waals surface area contributed by atoms with Crippen molar-refractivity contribution in [3.8, 4) is 0 Å². The Hall–Kier alpha value is -4.97. The number of allylic oxidation sites excluding steroid dienone is 25. The van der Waals surface area contributed by atoms with Crippen molar-refractivity contribution in [2.24, 2.45) is 0 Å². The number of rotatable bonds is 43. The van der Waals surface area contributed by atoms with E-state index in [1.54, 1.807) is 6.08 Å². The maximum atomic E-state index is 12.7. The van der Waals surface area contributed by atoms with E-state index in [-0.39, 0.29) is 32.0 Å². The monoisotopic (exact) mass is 907 g/mol. The average Bonchev–Trinajstić information content (AvgIpc) is 3.31. The molecule has 66 heavy (non-hydrogen) atoms. The largest absolute Gasteiger partial charge is 0.462 e. The summed E-state index contributed by atoms with van der Waals surface area (Å²) in [6, 6.07) is 0. The van der Waals surface area contributed by atoms with Crippen molar-refractivity contribution in [1.82, 2.24) is 0 Å². The molecule has 0 aliphatic carbocycles. The molecule has 0 spiro atoms. The van der Waals surface area contributed by atoms with Gasteiger partial charge in [0.25, 0.3) is 0 Å². The standard InChI is InChI=1S/C60H90O6/c1-4-7-10-13-16-19-22-25-28-29-30-31-33-35-38-41-44-47-50-53-59(62)65-56-57(55-64-58(61)52-49-46-43-40-37-34-27-24-21-18-15-12-9-6-3)66-60(63)54-51-48-45-42-39-36-32-26-23-20-17-14-11-8-5-2/h7-8,10-11,15-20,24-28,30-32,35,38-39,42,44,47-48,51,57H,4-6,9,12-14,21-23,29,33-34,36-37,40-41,43,45-46,49-50,52-56H2,1-3H3/b10-7-,11-8-,18-15-,19-16-,20-17-,27-24-,28-25-,31-30-,32-26-,38-35-,42-39-,47-44-,51-48-. The molecule has 0 bridgehead atoms. The first-order chi connectivity index (χ1) is 32.5. The van der Waals surface area contributed by atoms with E-state index in [1.165, 1.54) is 19.3 Å². The van der Waals surface area contributed by atoms with Crippen molar-refractivity contribution in [2.45, 2.75) is 187 Å². The second kappa shape index (κ2) is 52.7. The van der Waals surface area contributed by atoms with Crippen molar-refractivity contribution in [3.63, 3.8) is 0 Å². The summed E-state index contributed by atoms with van der Waals surface area (Å²) < 4.78 is 16.6. The summed E-state index contributed by atoms with van der Waals surface area (Å²) in [6.07, 6.45) is 76.9. The lowest BCUT2D eigenvalue weighted by Gasteiger charge is -2.18. The number of esters is 3. The van der Waals surface area contributed by atoms with Crippen LogP contribution in [0.25, 0.3) is 0 Å². The van der Waals surface area contributed by atoms with Crippen molar-refractivity contribution < 1.29 is 28.6 Å². The minimum atomic E-state index is -0.876. The second-order valence-corrected chi connectivity index (χ2v) is 16.0. The van der Waals surface area contributed by atoms with Crippen LogP contribution in [0.3, 0.4) is 0 Å². The smallest absolute Gasteiger partial charge is 0.310 e. The van der Waals surface area contributed by atoms with Gasteiger partial charge in [0.05, 0.1) is 6.42 Å². The Bertz CT molecular complexity index is 1560. The van der Waals surface area contributed by atoms with Crippen LogP contribution in [0, 0.1) is 0 Å². The molecule has 6 heteroatoms. The van der Waals surface area contributed by atoms with Crippen molar-refractivity contribution >= 4 is 17.9 Å². The molecular formula is C60H90O6. The molecule has 0 saturated carbocycles. The van der Waals surface area contributed by atoms with Crippen LogP contribution in [0.15, 0.2) is 158 Å². The first-order valence-electron chi connectivity index (χ1n) is 25.5. The van der Waals surface area contributed by atoms with Gasteiger partial charge in [-0.1, -0.05) is 211 Å². The Morgan fingerprint density at radius 2 is 0.667 bits per heavy atom. The molecule has 0 aliphatic heterocycles. The minimum absolute atomic E-state index is 0.0699. The quantitative estimate of drug-likeness (QED) is 0.0262. The number of unbranched alkanes of at least 4 members (excludes halogenated alkanes) is 7. The molecule has 0 heterocycles. The molecule has 0 aliphatic rings. The van der Waals surface area contributed by atoms with Crippen molar-refractivity contribution in [1.29, 1.82) is 0 Å². The first kappa shape index (κ1) is 61.0. The van der Waals surface area contributed by atoms with Crippen LogP contribution < -0.4 is 0 Å². The molecule has 0 fully saturated rings. The summed E-state index contributed by atoms with van der Waals surface area (Å²) in [5.74, 6) is -1.20. The Morgan fingerprint density at radius 1 is 0.333 bits per heavy atom. The zero-order chi connectivity index (χ0) is 47.9. The van der Waals surface area contributed by atoms with Gasteiger partial charge in [0.2, 0.25) is 0 Å². The summed E-state index contributed by atoms with van der Waals surface area (Å²) >= 11 is 0. The van der Waals surface area contributed by atoms with E-state index < -0.39 is 18.0 Å². The summed E-state index contributed by atoms with van der Waals surface area (Å²) in [4.78, 5) is 37.9. The van der Waals surface area contributed by atoms with Crippen molar-refractivity contribution in [3.05, 3.63) is 158 Å². The maximum absolute atomic E-state index is 12.7. The van der Waals surface area contributed by atoms with E-state index in [9.17, 15) is 14.4 Å². The number of ether oxygens (including phenoxy) is 3. The van der Waals surface area contributed by atoms with E-state index in [1.807, 2.05) is 18.2 Å². The van der Waals surface area contributed by atoms with E-state index >= 15 is 0 Å². The fourth-order valence-corrected chi connectivity index (χ4v) is 6.03. The number of hydrogen-bond acceptors (Lipinski definition) is 6. The van der Waals surface area contributed by atoms with Gasteiger partial charge < -0.3 is 14.2 Å². The zero-order valence-corrected chi connectivity index (χ0v) is 41.6. The van der Waals surface area contributed by atoms with Gasteiger partial charge in [0.1, 0.15) is 13.2 Å². The number of carbonyl (C=O) groups is 3. The topological polar surface area (TPSA) is 78.9 Å². The van der Waals surface area contributed by atoms with Crippen LogP contribution in [-0.2, 0) is 28.6 Å². The Kier molecular flexibility index (Phi) is 48.7. The highest BCUT2D eigenvalue weighted by atomic mass is 16.6. The molecule has 0 aromatic heterocycles. The summed E-state index contributed by atoms with van der Waals surface area (Å²) in [6.45, 7) is 6.17. The normalized spacial score (nSPS) is 13.4. The highest BCUT2D eigenvalue weighted by Crippen LogP contribution is 2.10. The lowest BCUT2D eigenvalue weighted by Crippen LogP contribution is -2.30. The van der Waals surface area contributed by atoms with Crippen LogP contribution >= 0.6 is 0 Å². The van der Waals surface area contributed by atoms with Gasteiger partial charge in [0.15, 0.2) is 6.10 Å². The van der Waals surface area contributed by atoms with Gasteiger partial charge in [-0.2, -0.15) is 0 Å². The van der Waals surface area contributed by atoms with Gasteiger partial charge in [0, 0.05) is 12.8 Å². The third-order valence-corrected chi connectivity index (χ3v) is 9.79. The molecule has 0 rings (SSSR count). The van der Waals surface area contributed by atoms with Crippen LogP contribution in [0.1, 0.15) is 181 Å². The van der Waals surface area contributed by atoms with Gasteiger partial charge in [-0.25, -0.2) is 0 Å². The third kappa shape index (κ3) is 50.0. The van der Waals surface area contributed by atoms with Crippen LogP contribution in [0.5, 0.6) is 0 Å². The van der Waals surface area contributed by atoms with E-state index in [0.29, 0.717) is 19.3 Å². The van der Waals surface area contributed by atoms with E-state index in [0.717, 1.165) is 109 Å². The Morgan fingerprint density at radius 3 is 1.09 bits per heavy atom. The fourth-order valence-electron chi connectivity index (χ4n) is 6.03. The molecule has 0 aromatic carbocycles. The van der Waals surface area contributed by atoms with E-state index in [4.69, 9.17) is 14.2 Å².